The van der Waals surface area contributed by atoms with Crippen LogP contribution in [0.2, 0.25) is 0 Å². The number of fused-ring (bicyclic) bond motifs is 1. The molecule has 0 saturated heterocycles. The Hall–Kier alpha value is -2.62. The number of hydrogen-bond acceptors (Lipinski definition) is 2. The highest BCUT2D eigenvalue weighted by molar-refractivity contribution is 5.87. The zero-order valence-electron chi connectivity index (χ0n) is 11.1. The number of aromatic carboxylic acids is 1. The third kappa shape index (κ3) is 2.16. The Morgan fingerprint density at radius 3 is 2.70 bits per heavy atom. The molecule has 0 bridgehead atoms. The Kier molecular flexibility index (Phi) is 2.99. The summed E-state index contributed by atoms with van der Waals surface area (Å²) in [5, 5.41) is 11.6. The second-order valence-corrected chi connectivity index (χ2v) is 4.79. The number of aryl methyl sites for hydroxylation is 1. The van der Waals surface area contributed by atoms with Gasteiger partial charge >= 0.3 is 5.97 Å². The summed E-state index contributed by atoms with van der Waals surface area (Å²) in [6, 6.07) is 14.3. The van der Waals surface area contributed by atoms with E-state index in [0.717, 1.165) is 10.9 Å². The minimum atomic E-state index is -0.944. The van der Waals surface area contributed by atoms with Gasteiger partial charge in [0.2, 0.25) is 0 Å². The third-order valence-corrected chi connectivity index (χ3v) is 3.39. The standard InChI is InChI=1S/C16H14N2O2/c1-11-15(16(19)20)18(10-17-11)9-12-6-7-13-4-2-3-5-14(13)8-12/h2-8,10H,9H2,1H3,(H,19,20). The minimum Gasteiger partial charge on any atom is -0.477 e. The third-order valence-electron chi connectivity index (χ3n) is 3.39. The smallest absolute Gasteiger partial charge is 0.354 e. The lowest BCUT2D eigenvalue weighted by atomic mass is 10.1. The Balaban J connectivity index is 1.99. The number of benzene rings is 2. The molecule has 1 N–H and O–H groups in total. The maximum absolute atomic E-state index is 11.2. The Labute approximate surface area is 116 Å². The number of nitrogens with zero attached hydrogens (tertiary/aromatic N) is 2. The summed E-state index contributed by atoms with van der Waals surface area (Å²) >= 11 is 0. The molecule has 1 aromatic heterocycles. The zero-order chi connectivity index (χ0) is 14.1. The van der Waals surface area contributed by atoms with E-state index in [1.165, 1.54) is 5.39 Å². The van der Waals surface area contributed by atoms with Gasteiger partial charge in [-0.05, 0) is 29.3 Å². The second-order valence-electron chi connectivity index (χ2n) is 4.79. The normalized spacial score (nSPS) is 10.8. The Bertz CT molecular complexity index is 790. The highest BCUT2D eigenvalue weighted by Crippen LogP contribution is 2.17. The van der Waals surface area contributed by atoms with Crippen molar-refractivity contribution < 1.29 is 9.90 Å². The van der Waals surface area contributed by atoms with E-state index < -0.39 is 5.97 Å². The molecule has 0 aliphatic rings. The molecule has 0 unspecified atom stereocenters. The van der Waals surface area contributed by atoms with Gasteiger partial charge in [-0.3, -0.25) is 0 Å². The topological polar surface area (TPSA) is 55.1 Å². The van der Waals surface area contributed by atoms with Gasteiger partial charge in [0.15, 0.2) is 0 Å². The minimum absolute atomic E-state index is 0.248. The molecule has 100 valence electrons. The maximum Gasteiger partial charge on any atom is 0.354 e. The molecular formula is C16H14N2O2. The lowest BCUT2D eigenvalue weighted by Crippen LogP contribution is -2.09. The van der Waals surface area contributed by atoms with Gasteiger partial charge < -0.3 is 9.67 Å². The molecule has 0 atom stereocenters. The Morgan fingerprint density at radius 1 is 1.20 bits per heavy atom. The molecule has 0 aliphatic carbocycles. The number of hydrogen-bond donors (Lipinski definition) is 1. The van der Waals surface area contributed by atoms with Gasteiger partial charge in [-0.15, -0.1) is 0 Å². The fourth-order valence-corrected chi connectivity index (χ4v) is 2.41. The highest BCUT2D eigenvalue weighted by Gasteiger charge is 2.14. The number of imidazole rings is 1. The zero-order valence-corrected chi connectivity index (χ0v) is 11.1. The number of carboxylic acid groups (broad SMARTS) is 1. The van der Waals surface area contributed by atoms with Crippen LogP contribution in [-0.4, -0.2) is 20.6 Å². The van der Waals surface area contributed by atoms with Gasteiger partial charge in [0.1, 0.15) is 5.69 Å². The number of carbonyl (C=O) groups is 1. The average molecular weight is 266 g/mol. The summed E-state index contributed by atoms with van der Waals surface area (Å²) < 4.78 is 1.67. The van der Waals surface area contributed by atoms with E-state index in [1.54, 1.807) is 17.8 Å². The SMILES string of the molecule is Cc1ncn(Cc2ccc3ccccc3c2)c1C(=O)O. The fraction of sp³-hybridized carbons (Fsp3) is 0.125. The van der Waals surface area contributed by atoms with Gasteiger partial charge in [0.05, 0.1) is 12.0 Å². The monoisotopic (exact) mass is 266 g/mol. The second kappa shape index (κ2) is 4.81. The van der Waals surface area contributed by atoms with Crippen LogP contribution in [0.5, 0.6) is 0 Å². The van der Waals surface area contributed by atoms with E-state index >= 15 is 0 Å². The van der Waals surface area contributed by atoms with E-state index in [1.807, 2.05) is 18.2 Å². The van der Waals surface area contributed by atoms with Crippen molar-refractivity contribution in [3.63, 3.8) is 0 Å². The quantitative estimate of drug-likeness (QED) is 0.792. The number of carboxylic acids is 1. The average Bonchev–Trinajstić information content (AvgIpc) is 2.79. The van der Waals surface area contributed by atoms with Crippen molar-refractivity contribution in [3.8, 4) is 0 Å². The molecule has 1 heterocycles. The molecule has 2 aromatic carbocycles. The summed E-state index contributed by atoms with van der Waals surface area (Å²) in [4.78, 5) is 15.3. The lowest BCUT2D eigenvalue weighted by molar-refractivity contribution is 0.0685. The summed E-state index contributed by atoms with van der Waals surface area (Å²) in [6.07, 6.45) is 1.58. The molecule has 0 fully saturated rings. The van der Waals surface area contributed by atoms with E-state index in [4.69, 9.17) is 0 Å². The lowest BCUT2D eigenvalue weighted by Gasteiger charge is -2.07. The van der Waals surface area contributed by atoms with Crippen LogP contribution >= 0.6 is 0 Å². The first-order valence-corrected chi connectivity index (χ1v) is 6.38. The van der Waals surface area contributed by atoms with Crippen LogP contribution in [0, 0.1) is 6.92 Å². The Morgan fingerprint density at radius 2 is 1.95 bits per heavy atom. The van der Waals surface area contributed by atoms with E-state index in [0.29, 0.717) is 12.2 Å². The van der Waals surface area contributed by atoms with E-state index in [2.05, 4.69) is 29.2 Å². The first-order chi connectivity index (χ1) is 9.65. The van der Waals surface area contributed by atoms with Crippen LogP contribution in [0.25, 0.3) is 10.8 Å². The van der Waals surface area contributed by atoms with Crippen molar-refractivity contribution in [1.82, 2.24) is 9.55 Å². The van der Waals surface area contributed by atoms with Crippen molar-refractivity contribution >= 4 is 16.7 Å². The van der Waals surface area contributed by atoms with Crippen LogP contribution in [0.4, 0.5) is 0 Å². The summed E-state index contributed by atoms with van der Waals surface area (Å²) in [7, 11) is 0. The molecule has 3 rings (SSSR count). The highest BCUT2D eigenvalue weighted by atomic mass is 16.4. The predicted molar refractivity (Wildman–Crippen MR) is 77.0 cm³/mol. The van der Waals surface area contributed by atoms with Gasteiger partial charge in [-0.1, -0.05) is 36.4 Å². The van der Waals surface area contributed by atoms with Gasteiger partial charge in [-0.2, -0.15) is 0 Å². The van der Waals surface area contributed by atoms with E-state index in [9.17, 15) is 9.90 Å². The first-order valence-electron chi connectivity index (χ1n) is 6.38. The van der Waals surface area contributed by atoms with Crippen LogP contribution < -0.4 is 0 Å². The van der Waals surface area contributed by atoms with Crippen molar-refractivity contribution in [2.75, 3.05) is 0 Å². The van der Waals surface area contributed by atoms with E-state index in [-0.39, 0.29) is 5.69 Å². The van der Waals surface area contributed by atoms with Gasteiger partial charge in [0.25, 0.3) is 0 Å². The molecule has 4 nitrogen and oxygen atoms in total. The van der Waals surface area contributed by atoms with Crippen molar-refractivity contribution in [1.29, 1.82) is 0 Å². The van der Waals surface area contributed by atoms with Crippen molar-refractivity contribution in [3.05, 3.63) is 65.7 Å². The van der Waals surface area contributed by atoms with Gasteiger partial charge in [0, 0.05) is 6.54 Å². The molecule has 0 radical (unpaired) electrons. The molecule has 0 aliphatic heterocycles. The van der Waals surface area contributed by atoms with Crippen LogP contribution in [-0.2, 0) is 6.54 Å². The van der Waals surface area contributed by atoms with Gasteiger partial charge in [-0.25, -0.2) is 9.78 Å². The van der Waals surface area contributed by atoms with Crippen molar-refractivity contribution in [2.45, 2.75) is 13.5 Å². The summed E-state index contributed by atoms with van der Waals surface area (Å²) in [5.74, 6) is -0.944. The summed E-state index contributed by atoms with van der Waals surface area (Å²) in [6.45, 7) is 2.22. The van der Waals surface area contributed by atoms with Crippen LogP contribution in [0.15, 0.2) is 48.8 Å². The van der Waals surface area contributed by atoms with Crippen molar-refractivity contribution in [2.24, 2.45) is 0 Å². The fourth-order valence-electron chi connectivity index (χ4n) is 2.41. The molecule has 20 heavy (non-hydrogen) atoms. The molecule has 3 aromatic rings. The molecule has 0 spiro atoms. The molecule has 4 heteroatoms. The molecule has 0 saturated carbocycles. The first kappa shape index (κ1) is 12.4. The predicted octanol–water partition coefficient (Wildman–Crippen LogP) is 3.09. The maximum atomic E-state index is 11.2. The largest absolute Gasteiger partial charge is 0.477 e. The summed E-state index contributed by atoms with van der Waals surface area (Å²) in [5.41, 5.74) is 1.85. The number of aromatic nitrogens is 2. The molecule has 0 amide bonds. The van der Waals surface area contributed by atoms with Crippen LogP contribution in [0.3, 0.4) is 0 Å². The molecular weight excluding hydrogens is 252 g/mol. The van der Waals surface area contributed by atoms with Crippen LogP contribution in [0.1, 0.15) is 21.7 Å². The number of rotatable bonds is 3.